The fourth-order valence-corrected chi connectivity index (χ4v) is 2.96. The van der Waals surface area contributed by atoms with Crippen LogP contribution in [0.15, 0.2) is 47.5 Å². The third-order valence-electron chi connectivity index (χ3n) is 4.51. The van der Waals surface area contributed by atoms with Gasteiger partial charge in [-0.05, 0) is 12.1 Å². The minimum atomic E-state index is -0.638. The van der Waals surface area contributed by atoms with Gasteiger partial charge in [-0.25, -0.2) is 9.78 Å². The van der Waals surface area contributed by atoms with Crippen LogP contribution in [0.4, 0.5) is 5.69 Å². The van der Waals surface area contributed by atoms with E-state index in [9.17, 15) is 14.4 Å². The molecule has 0 fully saturated rings. The average Bonchev–Trinajstić information content (AvgIpc) is 2.77. The first-order valence-electron chi connectivity index (χ1n) is 9.06. The first kappa shape index (κ1) is 20.8. The predicted molar refractivity (Wildman–Crippen MR) is 110 cm³/mol. The highest BCUT2D eigenvalue weighted by atomic mass is 16.5. The van der Waals surface area contributed by atoms with Crippen LogP contribution in [0.5, 0.6) is 11.5 Å². The number of anilines is 1. The fraction of sp³-hybridized carbons (Fsp3) is 0.238. The number of fused-ring (bicyclic) bond motifs is 1. The van der Waals surface area contributed by atoms with Crippen molar-refractivity contribution in [1.29, 1.82) is 0 Å². The molecule has 0 aliphatic heterocycles. The number of methoxy groups -OCH3 is 3. The molecule has 0 unspecified atom stereocenters. The second kappa shape index (κ2) is 9.08. The Morgan fingerprint density at radius 2 is 1.77 bits per heavy atom. The zero-order valence-corrected chi connectivity index (χ0v) is 16.8. The monoisotopic (exact) mass is 411 g/mol. The van der Waals surface area contributed by atoms with Gasteiger partial charge in [-0.3, -0.25) is 14.2 Å². The van der Waals surface area contributed by atoms with Gasteiger partial charge in [-0.15, -0.1) is 0 Å². The number of nitrogens with zero attached hydrogens (tertiary/aromatic N) is 2. The molecule has 9 nitrogen and oxygen atoms in total. The highest BCUT2D eigenvalue weighted by Crippen LogP contribution is 2.33. The summed E-state index contributed by atoms with van der Waals surface area (Å²) in [4.78, 5) is 41.4. The lowest BCUT2D eigenvalue weighted by molar-refractivity contribution is -0.116. The van der Waals surface area contributed by atoms with Crippen molar-refractivity contribution in [2.24, 2.45) is 0 Å². The third kappa shape index (κ3) is 4.24. The van der Waals surface area contributed by atoms with Crippen LogP contribution in [0.2, 0.25) is 0 Å². The first-order chi connectivity index (χ1) is 14.5. The molecule has 0 bridgehead atoms. The number of esters is 1. The van der Waals surface area contributed by atoms with Crippen molar-refractivity contribution in [2.75, 3.05) is 26.6 Å². The minimum Gasteiger partial charge on any atom is -0.493 e. The van der Waals surface area contributed by atoms with Crippen LogP contribution in [0.3, 0.4) is 0 Å². The lowest BCUT2D eigenvalue weighted by Crippen LogP contribution is -2.24. The molecule has 3 rings (SSSR count). The van der Waals surface area contributed by atoms with Crippen LogP contribution >= 0.6 is 0 Å². The number of ether oxygens (including phenoxy) is 3. The summed E-state index contributed by atoms with van der Waals surface area (Å²) < 4.78 is 16.6. The molecule has 1 aromatic heterocycles. The Bertz CT molecular complexity index is 1160. The summed E-state index contributed by atoms with van der Waals surface area (Å²) in [6.07, 6.45) is 1.41. The van der Waals surface area contributed by atoms with Gasteiger partial charge < -0.3 is 19.5 Å². The number of carbonyl (C=O) groups is 2. The molecule has 2 aromatic carbocycles. The topological polar surface area (TPSA) is 109 Å². The Labute approximate surface area is 172 Å². The molecule has 0 aliphatic carbocycles. The van der Waals surface area contributed by atoms with Gasteiger partial charge in [0.15, 0.2) is 11.5 Å². The van der Waals surface area contributed by atoms with E-state index in [-0.39, 0.29) is 29.8 Å². The average molecular weight is 411 g/mol. The van der Waals surface area contributed by atoms with E-state index >= 15 is 0 Å². The number of hydrogen-bond acceptors (Lipinski definition) is 7. The van der Waals surface area contributed by atoms with Crippen LogP contribution in [0.1, 0.15) is 16.8 Å². The smallest absolute Gasteiger partial charge is 0.340 e. The standard InChI is InChI=1S/C21H21N3O6/c1-28-17-10-14(21(27)30-3)16(11-18(17)29-2)23-19(25)8-9-24-12-22-15-7-5-4-6-13(15)20(24)26/h4-7,10-12H,8-9H2,1-3H3,(H,23,25). The molecule has 0 spiro atoms. The van der Waals surface area contributed by atoms with Gasteiger partial charge in [-0.1, -0.05) is 12.1 Å². The van der Waals surface area contributed by atoms with Crippen LogP contribution in [0.25, 0.3) is 10.9 Å². The van der Waals surface area contributed by atoms with Gasteiger partial charge in [-0.2, -0.15) is 0 Å². The number of aromatic nitrogens is 2. The Balaban J connectivity index is 1.80. The van der Waals surface area contributed by atoms with Crippen molar-refractivity contribution >= 4 is 28.5 Å². The number of carbonyl (C=O) groups excluding carboxylic acids is 2. The maximum absolute atomic E-state index is 12.5. The summed E-state index contributed by atoms with van der Waals surface area (Å²) in [6, 6.07) is 9.90. The van der Waals surface area contributed by atoms with Crippen molar-refractivity contribution in [3.8, 4) is 11.5 Å². The van der Waals surface area contributed by atoms with Crippen molar-refractivity contribution in [3.63, 3.8) is 0 Å². The summed E-state index contributed by atoms with van der Waals surface area (Å²) in [5.74, 6) is -0.367. The number of nitrogens with one attached hydrogen (secondary N) is 1. The largest absolute Gasteiger partial charge is 0.493 e. The SMILES string of the molecule is COC(=O)c1cc(OC)c(OC)cc1NC(=O)CCn1cnc2ccccc2c1=O. The van der Waals surface area contributed by atoms with E-state index in [1.54, 1.807) is 24.3 Å². The fourth-order valence-electron chi connectivity index (χ4n) is 2.96. The highest BCUT2D eigenvalue weighted by molar-refractivity contribution is 6.02. The van der Waals surface area contributed by atoms with E-state index in [2.05, 4.69) is 10.3 Å². The summed E-state index contributed by atoms with van der Waals surface area (Å²) >= 11 is 0. The van der Waals surface area contributed by atoms with Gasteiger partial charge in [0.25, 0.3) is 5.56 Å². The van der Waals surface area contributed by atoms with Crippen molar-refractivity contribution in [1.82, 2.24) is 9.55 Å². The van der Waals surface area contributed by atoms with Gasteiger partial charge in [0.05, 0.1) is 49.8 Å². The van der Waals surface area contributed by atoms with E-state index in [0.29, 0.717) is 22.4 Å². The summed E-state index contributed by atoms with van der Waals surface area (Å²) in [6.45, 7) is 0.128. The van der Waals surface area contributed by atoms with Gasteiger partial charge in [0, 0.05) is 25.1 Å². The number of amides is 1. The van der Waals surface area contributed by atoms with Gasteiger partial charge in [0.2, 0.25) is 5.91 Å². The van der Waals surface area contributed by atoms with E-state index in [1.165, 1.54) is 44.4 Å². The molecule has 0 radical (unpaired) electrons. The summed E-state index contributed by atoms with van der Waals surface area (Å²) in [5.41, 5.74) is 0.701. The second-order valence-corrected chi connectivity index (χ2v) is 6.30. The molecule has 156 valence electrons. The van der Waals surface area contributed by atoms with Crippen LogP contribution in [0, 0.1) is 0 Å². The third-order valence-corrected chi connectivity index (χ3v) is 4.51. The molecule has 30 heavy (non-hydrogen) atoms. The summed E-state index contributed by atoms with van der Waals surface area (Å²) in [7, 11) is 4.12. The van der Waals surface area contributed by atoms with Crippen molar-refractivity contribution < 1.29 is 23.8 Å². The number of benzene rings is 2. The summed E-state index contributed by atoms with van der Waals surface area (Å²) in [5, 5.41) is 3.15. The molecule has 1 heterocycles. The van der Waals surface area contributed by atoms with E-state index < -0.39 is 11.9 Å². The normalized spacial score (nSPS) is 10.5. The maximum atomic E-state index is 12.5. The molecule has 0 saturated heterocycles. The number of rotatable bonds is 7. The highest BCUT2D eigenvalue weighted by Gasteiger charge is 2.19. The quantitative estimate of drug-likeness (QED) is 0.594. The van der Waals surface area contributed by atoms with Gasteiger partial charge >= 0.3 is 5.97 Å². The van der Waals surface area contributed by atoms with Crippen LogP contribution in [-0.4, -0.2) is 42.8 Å². The molecule has 1 amide bonds. The number of hydrogen-bond donors (Lipinski definition) is 1. The Morgan fingerprint density at radius 1 is 1.07 bits per heavy atom. The molecule has 0 atom stereocenters. The van der Waals surface area contributed by atoms with Crippen LogP contribution in [-0.2, 0) is 16.1 Å². The Morgan fingerprint density at radius 3 is 2.47 bits per heavy atom. The van der Waals surface area contributed by atoms with Crippen LogP contribution < -0.4 is 20.3 Å². The zero-order valence-electron chi connectivity index (χ0n) is 16.8. The molecule has 0 saturated carbocycles. The minimum absolute atomic E-state index is 0.00508. The van der Waals surface area contributed by atoms with E-state index in [4.69, 9.17) is 14.2 Å². The number of para-hydroxylation sites is 1. The maximum Gasteiger partial charge on any atom is 0.340 e. The first-order valence-corrected chi connectivity index (χ1v) is 9.06. The predicted octanol–water partition coefficient (Wildman–Crippen LogP) is 2.23. The molecular weight excluding hydrogens is 390 g/mol. The molecule has 9 heteroatoms. The lowest BCUT2D eigenvalue weighted by Gasteiger charge is -2.15. The molecule has 3 aromatic rings. The molecular formula is C21H21N3O6. The zero-order chi connectivity index (χ0) is 21.7. The van der Waals surface area contributed by atoms with E-state index in [1.807, 2.05) is 0 Å². The molecule has 1 N–H and O–H groups in total. The Hall–Kier alpha value is -3.88. The molecule has 0 aliphatic rings. The Kier molecular flexibility index (Phi) is 6.31. The van der Waals surface area contributed by atoms with Gasteiger partial charge in [0.1, 0.15) is 0 Å². The van der Waals surface area contributed by atoms with Crippen molar-refractivity contribution in [2.45, 2.75) is 13.0 Å². The lowest BCUT2D eigenvalue weighted by atomic mass is 10.1. The second-order valence-electron chi connectivity index (χ2n) is 6.30. The van der Waals surface area contributed by atoms with Crippen molar-refractivity contribution in [3.05, 3.63) is 58.6 Å². The number of aryl methyl sites for hydroxylation is 1. The van der Waals surface area contributed by atoms with E-state index in [0.717, 1.165) is 0 Å².